The molecule has 0 saturated heterocycles. The van der Waals surface area contributed by atoms with Crippen LogP contribution >= 0.6 is 0 Å². The standard InChI is InChI=1S/C15H17N3O4S/c1-22-11-4-7-13(14(16)8-11)15(19)18-9-10-2-5-12(6-3-10)23(17,20)21/h2-8H,9,16H2,1H3,(H,18,19)(H2,17,20,21). The molecule has 0 aliphatic rings. The van der Waals surface area contributed by atoms with Gasteiger partial charge in [0, 0.05) is 18.3 Å². The number of nitrogens with two attached hydrogens (primary N) is 2. The van der Waals surface area contributed by atoms with Crippen molar-refractivity contribution in [1.29, 1.82) is 0 Å². The summed E-state index contributed by atoms with van der Waals surface area (Å²) in [6, 6.07) is 10.7. The van der Waals surface area contributed by atoms with E-state index in [-0.39, 0.29) is 17.3 Å². The monoisotopic (exact) mass is 335 g/mol. The number of anilines is 1. The van der Waals surface area contributed by atoms with Gasteiger partial charge in [0.25, 0.3) is 5.91 Å². The van der Waals surface area contributed by atoms with Gasteiger partial charge in [0.2, 0.25) is 10.0 Å². The van der Waals surface area contributed by atoms with Crippen molar-refractivity contribution < 1.29 is 17.9 Å². The van der Waals surface area contributed by atoms with Gasteiger partial charge in [-0.1, -0.05) is 12.1 Å². The number of benzene rings is 2. The quantitative estimate of drug-likeness (QED) is 0.699. The SMILES string of the molecule is COc1ccc(C(=O)NCc2ccc(S(N)(=O)=O)cc2)c(N)c1. The Kier molecular flexibility index (Phi) is 4.87. The summed E-state index contributed by atoms with van der Waals surface area (Å²) in [5.74, 6) is 0.235. The van der Waals surface area contributed by atoms with Crippen LogP contribution in [-0.2, 0) is 16.6 Å². The van der Waals surface area contributed by atoms with Gasteiger partial charge in [-0.3, -0.25) is 4.79 Å². The predicted octanol–water partition coefficient (Wildman–Crippen LogP) is 0.855. The summed E-state index contributed by atoms with van der Waals surface area (Å²) in [6.07, 6.45) is 0. The highest BCUT2D eigenvalue weighted by Gasteiger charge is 2.11. The van der Waals surface area contributed by atoms with E-state index < -0.39 is 10.0 Å². The average molecular weight is 335 g/mol. The minimum absolute atomic E-state index is 0.0203. The number of carbonyl (C=O) groups excluding carboxylic acids is 1. The average Bonchev–Trinajstić information content (AvgIpc) is 2.52. The van der Waals surface area contributed by atoms with Crippen molar-refractivity contribution in [3.05, 3.63) is 53.6 Å². The Balaban J connectivity index is 2.04. The molecule has 0 aromatic heterocycles. The third-order valence-corrected chi connectivity index (χ3v) is 4.14. The highest BCUT2D eigenvalue weighted by atomic mass is 32.2. The van der Waals surface area contributed by atoms with Crippen molar-refractivity contribution in [1.82, 2.24) is 5.32 Å². The van der Waals surface area contributed by atoms with Gasteiger partial charge in [0.15, 0.2) is 0 Å². The molecule has 0 fully saturated rings. The fourth-order valence-electron chi connectivity index (χ4n) is 1.95. The minimum Gasteiger partial charge on any atom is -0.497 e. The third kappa shape index (κ3) is 4.21. The van der Waals surface area contributed by atoms with Crippen LogP contribution in [0.5, 0.6) is 5.75 Å². The van der Waals surface area contributed by atoms with Crippen LogP contribution in [0.1, 0.15) is 15.9 Å². The van der Waals surface area contributed by atoms with E-state index in [2.05, 4.69) is 5.32 Å². The lowest BCUT2D eigenvalue weighted by Gasteiger charge is -2.09. The number of nitrogen functional groups attached to an aromatic ring is 1. The van der Waals surface area contributed by atoms with E-state index in [9.17, 15) is 13.2 Å². The van der Waals surface area contributed by atoms with Crippen molar-refractivity contribution in [3.8, 4) is 5.75 Å². The molecule has 0 aliphatic heterocycles. The van der Waals surface area contributed by atoms with Crippen LogP contribution in [0.3, 0.4) is 0 Å². The molecule has 2 aromatic carbocycles. The van der Waals surface area contributed by atoms with Crippen molar-refractivity contribution in [2.24, 2.45) is 5.14 Å². The normalized spacial score (nSPS) is 11.0. The molecule has 0 aliphatic carbocycles. The molecule has 0 spiro atoms. The Morgan fingerprint density at radius 3 is 2.35 bits per heavy atom. The number of amides is 1. The summed E-state index contributed by atoms with van der Waals surface area (Å²) in [5, 5.41) is 7.73. The van der Waals surface area contributed by atoms with Crippen LogP contribution in [0.2, 0.25) is 0 Å². The van der Waals surface area contributed by atoms with Crippen molar-refractivity contribution in [3.63, 3.8) is 0 Å². The molecule has 2 rings (SSSR count). The van der Waals surface area contributed by atoms with Crippen LogP contribution in [0.25, 0.3) is 0 Å². The van der Waals surface area contributed by atoms with Crippen molar-refractivity contribution >= 4 is 21.6 Å². The van der Waals surface area contributed by atoms with Crippen molar-refractivity contribution in [2.75, 3.05) is 12.8 Å². The number of ether oxygens (including phenoxy) is 1. The molecule has 5 N–H and O–H groups in total. The maximum atomic E-state index is 12.1. The number of nitrogens with one attached hydrogen (secondary N) is 1. The van der Waals surface area contributed by atoms with Gasteiger partial charge in [-0.05, 0) is 29.8 Å². The number of rotatable bonds is 5. The lowest BCUT2D eigenvalue weighted by Crippen LogP contribution is -2.23. The fourth-order valence-corrected chi connectivity index (χ4v) is 2.46. The predicted molar refractivity (Wildman–Crippen MR) is 86.4 cm³/mol. The summed E-state index contributed by atoms with van der Waals surface area (Å²) in [4.78, 5) is 12.1. The van der Waals surface area contributed by atoms with Crippen molar-refractivity contribution in [2.45, 2.75) is 11.4 Å². The number of hydrogen-bond acceptors (Lipinski definition) is 5. The van der Waals surface area contributed by atoms with Crippen LogP contribution in [0.15, 0.2) is 47.4 Å². The highest BCUT2D eigenvalue weighted by Crippen LogP contribution is 2.19. The fraction of sp³-hybridized carbons (Fsp3) is 0.133. The Hall–Kier alpha value is -2.58. The summed E-state index contributed by atoms with van der Waals surface area (Å²) in [7, 11) is -2.21. The van der Waals surface area contributed by atoms with E-state index in [0.717, 1.165) is 5.56 Å². The molecule has 7 nitrogen and oxygen atoms in total. The molecular formula is C15H17N3O4S. The zero-order valence-electron chi connectivity index (χ0n) is 12.4. The van der Waals surface area contributed by atoms with Crippen LogP contribution in [0.4, 0.5) is 5.69 Å². The maximum Gasteiger partial charge on any atom is 0.253 e. The van der Waals surface area contributed by atoms with E-state index in [1.54, 1.807) is 30.3 Å². The Morgan fingerprint density at radius 1 is 1.17 bits per heavy atom. The van der Waals surface area contributed by atoms with Gasteiger partial charge >= 0.3 is 0 Å². The number of primary sulfonamides is 1. The second-order valence-electron chi connectivity index (χ2n) is 4.82. The van der Waals surface area contributed by atoms with E-state index in [4.69, 9.17) is 15.6 Å². The maximum absolute atomic E-state index is 12.1. The lowest BCUT2D eigenvalue weighted by molar-refractivity contribution is 0.0951. The second kappa shape index (κ2) is 6.67. The molecule has 0 atom stereocenters. The number of methoxy groups -OCH3 is 1. The first-order valence-electron chi connectivity index (χ1n) is 6.64. The smallest absolute Gasteiger partial charge is 0.253 e. The van der Waals surface area contributed by atoms with Gasteiger partial charge < -0.3 is 15.8 Å². The zero-order chi connectivity index (χ0) is 17.0. The Bertz CT molecular complexity index is 817. The Labute approximate surface area is 134 Å². The largest absolute Gasteiger partial charge is 0.497 e. The van der Waals surface area contributed by atoms with Crippen LogP contribution in [-0.4, -0.2) is 21.4 Å². The number of sulfonamides is 1. The minimum atomic E-state index is -3.72. The highest BCUT2D eigenvalue weighted by molar-refractivity contribution is 7.89. The molecule has 0 radical (unpaired) electrons. The molecule has 1 amide bonds. The van der Waals surface area contributed by atoms with Gasteiger partial charge in [-0.2, -0.15) is 0 Å². The number of carbonyl (C=O) groups is 1. The summed E-state index contributed by atoms with van der Waals surface area (Å²) in [6.45, 7) is 0.231. The van der Waals surface area contributed by atoms with Crippen LogP contribution in [0, 0.1) is 0 Å². The number of hydrogen-bond donors (Lipinski definition) is 3. The first kappa shape index (κ1) is 16.8. The molecule has 0 unspecified atom stereocenters. The molecule has 0 bridgehead atoms. The molecule has 23 heavy (non-hydrogen) atoms. The molecule has 8 heteroatoms. The van der Waals surface area contributed by atoms with Gasteiger partial charge in [-0.25, -0.2) is 13.6 Å². The van der Waals surface area contributed by atoms with E-state index >= 15 is 0 Å². The zero-order valence-corrected chi connectivity index (χ0v) is 13.3. The summed E-state index contributed by atoms with van der Waals surface area (Å²) in [5.41, 5.74) is 7.20. The molecule has 0 heterocycles. The topological polar surface area (TPSA) is 125 Å². The molecule has 0 saturated carbocycles. The second-order valence-corrected chi connectivity index (χ2v) is 6.39. The van der Waals surface area contributed by atoms with Gasteiger partial charge in [0.1, 0.15) is 5.75 Å². The van der Waals surface area contributed by atoms with E-state index in [0.29, 0.717) is 17.0 Å². The van der Waals surface area contributed by atoms with E-state index in [1.165, 1.54) is 19.2 Å². The molecular weight excluding hydrogens is 318 g/mol. The van der Waals surface area contributed by atoms with Gasteiger partial charge in [0.05, 0.1) is 17.6 Å². The summed E-state index contributed by atoms with van der Waals surface area (Å²) < 4.78 is 27.4. The van der Waals surface area contributed by atoms with Crippen LogP contribution < -0.4 is 20.9 Å². The molecule has 122 valence electrons. The lowest BCUT2D eigenvalue weighted by atomic mass is 10.1. The first-order chi connectivity index (χ1) is 10.8. The molecule has 2 aromatic rings. The Morgan fingerprint density at radius 2 is 1.83 bits per heavy atom. The summed E-state index contributed by atoms with van der Waals surface area (Å²) >= 11 is 0. The van der Waals surface area contributed by atoms with E-state index in [1.807, 2.05) is 0 Å². The third-order valence-electron chi connectivity index (χ3n) is 3.21. The van der Waals surface area contributed by atoms with Gasteiger partial charge in [-0.15, -0.1) is 0 Å². The first-order valence-corrected chi connectivity index (χ1v) is 8.19.